The number of aliphatic hydroxyl groups is 1. The van der Waals surface area contributed by atoms with Crippen LogP contribution in [0.1, 0.15) is 66.2 Å². The van der Waals surface area contributed by atoms with Crippen LogP contribution in [-0.2, 0) is 0 Å². The van der Waals surface area contributed by atoms with Crippen LogP contribution in [0.4, 0.5) is 0 Å². The lowest BCUT2D eigenvalue weighted by molar-refractivity contribution is -0.0991. The van der Waals surface area contributed by atoms with Crippen molar-refractivity contribution >= 4 is 0 Å². The number of aliphatic hydroxyl groups excluding tert-OH is 1. The van der Waals surface area contributed by atoms with E-state index in [9.17, 15) is 5.11 Å². The van der Waals surface area contributed by atoms with E-state index >= 15 is 0 Å². The van der Waals surface area contributed by atoms with E-state index in [-0.39, 0.29) is 0 Å². The SMILES string of the molecule is CC1CCC2C(C)(C)CCCC2(C)[C@H]1CCO. The quantitative estimate of drug-likeness (QED) is 0.762. The van der Waals surface area contributed by atoms with Crippen LogP contribution in [0.2, 0.25) is 0 Å². The fourth-order valence-corrected chi connectivity index (χ4v) is 5.36. The van der Waals surface area contributed by atoms with E-state index in [0.29, 0.717) is 17.4 Å². The molecule has 0 aromatic heterocycles. The Morgan fingerprint density at radius 1 is 1.12 bits per heavy atom. The van der Waals surface area contributed by atoms with Crippen molar-refractivity contribution in [2.45, 2.75) is 66.2 Å². The summed E-state index contributed by atoms with van der Waals surface area (Å²) in [7, 11) is 0. The van der Waals surface area contributed by atoms with Crippen molar-refractivity contribution in [3.8, 4) is 0 Å². The molecule has 0 aromatic rings. The molecule has 4 atom stereocenters. The average Bonchev–Trinajstić information content (AvgIpc) is 2.22. The highest BCUT2D eigenvalue weighted by atomic mass is 16.3. The van der Waals surface area contributed by atoms with Crippen LogP contribution >= 0.6 is 0 Å². The van der Waals surface area contributed by atoms with E-state index in [0.717, 1.165) is 24.2 Å². The molecule has 0 bridgehead atoms. The monoisotopic (exact) mass is 238 g/mol. The van der Waals surface area contributed by atoms with Gasteiger partial charge in [-0.25, -0.2) is 0 Å². The zero-order valence-electron chi connectivity index (χ0n) is 12.1. The number of fused-ring (bicyclic) bond motifs is 1. The van der Waals surface area contributed by atoms with Crippen LogP contribution in [0.3, 0.4) is 0 Å². The maximum Gasteiger partial charge on any atom is 0.0433 e. The van der Waals surface area contributed by atoms with Crippen LogP contribution < -0.4 is 0 Å². The minimum absolute atomic E-state index is 0.373. The Balaban J connectivity index is 2.28. The summed E-state index contributed by atoms with van der Waals surface area (Å²) in [5.74, 6) is 2.42. The van der Waals surface area contributed by atoms with E-state index in [2.05, 4.69) is 27.7 Å². The van der Waals surface area contributed by atoms with Gasteiger partial charge < -0.3 is 5.11 Å². The molecule has 0 aromatic carbocycles. The summed E-state index contributed by atoms with van der Waals surface area (Å²) >= 11 is 0. The van der Waals surface area contributed by atoms with Gasteiger partial charge in [-0.15, -0.1) is 0 Å². The lowest BCUT2D eigenvalue weighted by atomic mass is 9.46. The Bertz CT molecular complexity index is 271. The van der Waals surface area contributed by atoms with Gasteiger partial charge in [0.1, 0.15) is 0 Å². The smallest absolute Gasteiger partial charge is 0.0433 e. The Morgan fingerprint density at radius 2 is 1.82 bits per heavy atom. The summed E-state index contributed by atoms with van der Waals surface area (Å²) in [5.41, 5.74) is 1.00. The van der Waals surface area contributed by atoms with Gasteiger partial charge in [0, 0.05) is 6.61 Å². The lowest BCUT2D eigenvalue weighted by Crippen LogP contribution is -2.51. The molecule has 1 nitrogen and oxygen atoms in total. The van der Waals surface area contributed by atoms with Crippen LogP contribution in [0.25, 0.3) is 0 Å². The molecule has 2 aliphatic carbocycles. The maximum atomic E-state index is 9.37. The molecule has 1 heteroatoms. The summed E-state index contributed by atoms with van der Waals surface area (Å²) in [5, 5.41) is 9.37. The first-order chi connectivity index (χ1) is 7.92. The Labute approximate surface area is 107 Å². The van der Waals surface area contributed by atoms with Crippen molar-refractivity contribution in [1.82, 2.24) is 0 Å². The molecular formula is C16H30O. The topological polar surface area (TPSA) is 20.2 Å². The van der Waals surface area contributed by atoms with Gasteiger partial charge in [-0.3, -0.25) is 0 Å². The molecule has 0 radical (unpaired) electrons. The zero-order valence-corrected chi connectivity index (χ0v) is 12.1. The third-order valence-electron chi connectivity index (χ3n) is 6.16. The first kappa shape index (κ1) is 13.4. The standard InChI is InChI=1S/C16H30O/c1-12-6-7-14-15(2,3)9-5-10-16(14,4)13(12)8-11-17/h12-14,17H,5-11H2,1-4H3/t12?,13-,14?,16?/m0/s1. The fraction of sp³-hybridized carbons (Fsp3) is 1.00. The Kier molecular flexibility index (Phi) is 3.60. The van der Waals surface area contributed by atoms with Crippen LogP contribution in [0, 0.1) is 28.6 Å². The molecule has 0 aliphatic heterocycles. The van der Waals surface area contributed by atoms with Crippen LogP contribution in [-0.4, -0.2) is 11.7 Å². The van der Waals surface area contributed by atoms with E-state index in [4.69, 9.17) is 0 Å². The van der Waals surface area contributed by atoms with Crippen molar-refractivity contribution in [3.05, 3.63) is 0 Å². The molecule has 0 heterocycles. The molecule has 0 amide bonds. The minimum Gasteiger partial charge on any atom is -0.396 e. The van der Waals surface area contributed by atoms with Gasteiger partial charge in [-0.1, -0.05) is 40.5 Å². The predicted molar refractivity (Wildman–Crippen MR) is 72.8 cm³/mol. The van der Waals surface area contributed by atoms with Gasteiger partial charge in [0.2, 0.25) is 0 Å². The van der Waals surface area contributed by atoms with Crippen molar-refractivity contribution < 1.29 is 5.11 Å². The molecule has 17 heavy (non-hydrogen) atoms. The fourth-order valence-electron chi connectivity index (χ4n) is 5.36. The van der Waals surface area contributed by atoms with Crippen molar-refractivity contribution in [2.24, 2.45) is 28.6 Å². The normalized spacial score (nSPS) is 45.4. The van der Waals surface area contributed by atoms with Gasteiger partial charge in [0.25, 0.3) is 0 Å². The summed E-state index contributed by atoms with van der Waals surface area (Å²) in [6, 6.07) is 0. The molecule has 100 valence electrons. The predicted octanol–water partition coefficient (Wildman–Crippen LogP) is 4.25. The zero-order chi connectivity index (χ0) is 12.7. The second-order valence-corrected chi connectivity index (χ2v) is 7.57. The molecule has 2 aliphatic rings. The van der Waals surface area contributed by atoms with Gasteiger partial charge in [-0.2, -0.15) is 0 Å². The Morgan fingerprint density at radius 3 is 2.47 bits per heavy atom. The molecule has 0 spiro atoms. The third-order valence-corrected chi connectivity index (χ3v) is 6.16. The van der Waals surface area contributed by atoms with Crippen LogP contribution in [0.5, 0.6) is 0 Å². The second kappa shape index (κ2) is 4.57. The molecule has 2 rings (SSSR count). The molecular weight excluding hydrogens is 208 g/mol. The highest BCUT2D eigenvalue weighted by Gasteiger charge is 2.53. The number of hydrogen-bond acceptors (Lipinski definition) is 1. The maximum absolute atomic E-state index is 9.37. The third kappa shape index (κ3) is 2.16. The highest BCUT2D eigenvalue weighted by Crippen LogP contribution is 2.61. The van der Waals surface area contributed by atoms with E-state index in [1.807, 2.05) is 0 Å². The minimum atomic E-state index is 0.373. The lowest BCUT2D eigenvalue weighted by Gasteiger charge is -2.59. The van der Waals surface area contributed by atoms with Crippen molar-refractivity contribution in [2.75, 3.05) is 6.61 Å². The summed E-state index contributed by atoms with van der Waals surface area (Å²) < 4.78 is 0. The van der Waals surface area contributed by atoms with E-state index in [1.165, 1.54) is 32.1 Å². The summed E-state index contributed by atoms with van der Waals surface area (Å²) in [6.07, 6.45) is 7.96. The van der Waals surface area contributed by atoms with Crippen molar-refractivity contribution in [3.63, 3.8) is 0 Å². The Hall–Kier alpha value is -0.0400. The van der Waals surface area contributed by atoms with Gasteiger partial charge in [0.15, 0.2) is 0 Å². The van der Waals surface area contributed by atoms with Gasteiger partial charge in [0.05, 0.1) is 0 Å². The van der Waals surface area contributed by atoms with Gasteiger partial charge in [-0.05, 0) is 54.3 Å². The molecule has 0 saturated heterocycles. The average molecular weight is 238 g/mol. The second-order valence-electron chi connectivity index (χ2n) is 7.57. The van der Waals surface area contributed by atoms with Crippen LogP contribution in [0.15, 0.2) is 0 Å². The first-order valence-corrected chi connectivity index (χ1v) is 7.52. The number of hydrogen-bond donors (Lipinski definition) is 1. The molecule has 2 fully saturated rings. The summed E-state index contributed by atoms with van der Waals surface area (Å²) in [6.45, 7) is 10.2. The highest BCUT2D eigenvalue weighted by molar-refractivity contribution is 5.02. The van der Waals surface area contributed by atoms with Gasteiger partial charge >= 0.3 is 0 Å². The molecule has 3 unspecified atom stereocenters. The largest absolute Gasteiger partial charge is 0.396 e. The van der Waals surface area contributed by atoms with E-state index < -0.39 is 0 Å². The number of rotatable bonds is 2. The van der Waals surface area contributed by atoms with Crippen molar-refractivity contribution in [1.29, 1.82) is 0 Å². The summed E-state index contributed by atoms with van der Waals surface area (Å²) in [4.78, 5) is 0. The molecule has 2 saturated carbocycles. The van der Waals surface area contributed by atoms with E-state index in [1.54, 1.807) is 0 Å². The first-order valence-electron chi connectivity index (χ1n) is 7.52. The molecule has 1 N–H and O–H groups in total.